The standard InChI is InChI=1S/C13H14F3NO2/c1-9-4-2-5-10-6-3-7-17(11(9)10)12(18)19-8-13(14,15)16/h2,4-5H,3,6-8H2,1H3. The molecular formula is C13H14F3NO2. The number of nitrogens with zero attached hydrogens (tertiary/aromatic N) is 1. The first-order valence-corrected chi connectivity index (χ1v) is 5.98. The number of halogens is 3. The minimum atomic E-state index is -4.50. The third-order valence-corrected chi connectivity index (χ3v) is 3.00. The van der Waals surface area contributed by atoms with Crippen LogP contribution in [-0.2, 0) is 11.2 Å². The van der Waals surface area contributed by atoms with Gasteiger partial charge < -0.3 is 4.74 Å². The molecule has 0 radical (unpaired) electrons. The van der Waals surface area contributed by atoms with Crippen molar-refractivity contribution < 1.29 is 22.7 Å². The molecule has 0 atom stereocenters. The largest absolute Gasteiger partial charge is 0.439 e. The van der Waals surface area contributed by atoms with Crippen molar-refractivity contribution in [1.29, 1.82) is 0 Å². The average molecular weight is 273 g/mol. The maximum absolute atomic E-state index is 12.1. The number of carbonyl (C=O) groups excluding carboxylic acids is 1. The summed E-state index contributed by atoms with van der Waals surface area (Å²) in [4.78, 5) is 13.1. The van der Waals surface area contributed by atoms with Gasteiger partial charge in [-0.2, -0.15) is 13.2 Å². The van der Waals surface area contributed by atoms with Gasteiger partial charge in [-0.3, -0.25) is 4.90 Å². The number of anilines is 1. The Morgan fingerprint density at radius 3 is 2.84 bits per heavy atom. The second-order valence-corrected chi connectivity index (χ2v) is 4.51. The molecule has 0 fully saturated rings. The first-order chi connectivity index (χ1) is 8.88. The number of hydrogen-bond donors (Lipinski definition) is 0. The van der Waals surface area contributed by atoms with Gasteiger partial charge in [-0.15, -0.1) is 0 Å². The van der Waals surface area contributed by atoms with Gasteiger partial charge in [0.15, 0.2) is 6.61 Å². The van der Waals surface area contributed by atoms with Crippen molar-refractivity contribution in [1.82, 2.24) is 0 Å². The summed E-state index contributed by atoms with van der Waals surface area (Å²) in [5.74, 6) is 0. The molecule has 0 unspecified atom stereocenters. The van der Waals surface area contributed by atoms with Gasteiger partial charge in [0.1, 0.15) is 0 Å². The first-order valence-electron chi connectivity index (χ1n) is 5.98. The summed E-state index contributed by atoms with van der Waals surface area (Å²) in [5.41, 5.74) is 2.51. The molecule has 19 heavy (non-hydrogen) atoms. The van der Waals surface area contributed by atoms with Gasteiger partial charge in [0.25, 0.3) is 0 Å². The number of rotatable bonds is 1. The second-order valence-electron chi connectivity index (χ2n) is 4.51. The molecular weight excluding hydrogens is 259 g/mol. The molecule has 1 amide bonds. The number of alkyl halides is 3. The predicted molar refractivity (Wildman–Crippen MR) is 64.2 cm³/mol. The van der Waals surface area contributed by atoms with E-state index in [4.69, 9.17) is 0 Å². The number of fused-ring (bicyclic) bond motifs is 1. The van der Waals surface area contributed by atoms with Gasteiger partial charge in [-0.1, -0.05) is 18.2 Å². The van der Waals surface area contributed by atoms with E-state index in [9.17, 15) is 18.0 Å². The van der Waals surface area contributed by atoms with Gasteiger partial charge in [-0.05, 0) is 30.9 Å². The fourth-order valence-corrected chi connectivity index (χ4v) is 2.25. The molecule has 104 valence electrons. The summed E-state index contributed by atoms with van der Waals surface area (Å²) in [5, 5.41) is 0. The van der Waals surface area contributed by atoms with Crippen molar-refractivity contribution in [2.24, 2.45) is 0 Å². The Morgan fingerprint density at radius 1 is 1.42 bits per heavy atom. The second kappa shape index (κ2) is 5.11. The van der Waals surface area contributed by atoms with E-state index in [0.29, 0.717) is 12.2 Å². The van der Waals surface area contributed by atoms with Crippen LogP contribution in [0.3, 0.4) is 0 Å². The summed E-state index contributed by atoms with van der Waals surface area (Å²) >= 11 is 0. The molecule has 3 nitrogen and oxygen atoms in total. The number of para-hydroxylation sites is 1. The Hall–Kier alpha value is -1.72. The normalized spacial score (nSPS) is 15.1. The van der Waals surface area contributed by atoms with Crippen molar-refractivity contribution >= 4 is 11.8 Å². The van der Waals surface area contributed by atoms with E-state index in [1.54, 1.807) is 0 Å². The summed E-state index contributed by atoms with van der Waals surface area (Å²) in [7, 11) is 0. The number of amides is 1. The van der Waals surface area contributed by atoms with E-state index < -0.39 is 18.9 Å². The summed E-state index contributed by atoms with van der Waals surface area (Å²) in [6, 6.07) is 5.58. The van der Waals surface area contributed by atoms with E-state index in [2.05, 4.69) is 4.74 Å². The molecule has 0 bridgehead atoms. The summed E-state index contributed by atoms with van der Waals surface area (Å²) < 4.78 is 40.5. The zero-order valence-corrected chi connectivity index (χ0v) is 10.5. The van der Waals surface area contributed by atoms with Crippen molar-refractivity contribution in [3.05, 3.63) is 29.3 Å². The highest BCUT2D eigenvalue weighted by Gasteiger charge is 2.32. The first kappa shape index (κ1) is 13.7. The zero-order chi connectivity index (χ0) is 14.0. The number of benzene rings is 1. The van der Waals surface area contributed by atoms with Crippen LogP contribution in [0, 0.1) is 6.92 Å². The fraction of sp³-hybridized carbons (Fsp3) is 0.462. The maximum Gasteiger partial charge on any atom is 0.422 e. The Bertz CT molecular complexity index is 485. The molecule has 1 aromatic rings. The molecule has 0 aliphatic carbocycles. The zero-order valence-electron chi connectivity index (χ0n) is 10.5. The van der Waals surface area contributed by atoms with Crippen molar-refractivity contribution in [2.75, 3.05) is 18.1 Å². The lowest BCUT2D eigenvalue weighted by Gasteiger charge is -2.30. The highest BCUT2D eigenvalue weighted by atomic mass is 19.4. The lowest BCUT2D eigenvalue weighted by Crippen LogP contribution is -2.38. The van der Waals surface area contributed by atoms with E-state index in [0.717, 1.165) is 24.0 Å². The van der Waals surface area contributed by atoms with Gasteiger partial charge in [0, 0.05) is 6.54 Å². The van der Waals surface area contributed by atoms with E-state index >= 15 is 0 Å². The predicted octanol–water partition coefficient (Wildman–Crippen LogP) is 3.45. The van der Waals surface area contributed by atoms with Crippen LogP contribution in [-0.4, -0.2) is 25.4 Å². The van der Waals surface area contributed by atoms with Gasteiger partial charge in [0.05, 0.1) is 5.69 Å². The molecule has 0 saturated heterocycles. The minimum absolute atomic E-state index is 0.383. The number of ether oxygens (including phenoxy) is 1. The fourth-order valence-electron chi connectivity index (χ4n) is 2.25. The molecule has 0 spiro atoms. The molecule has 1 aliphatic heterocycles. The van der Waals surface area contributed by atoms with Crippen LogP contribution in [0.4, 0.5) is 23.7 Å². The summed E-state index contributed by atoms with van der Waals surface area (Å²) in [6.45, 7) is 0.659. The third-order valence-electron chi connectivity index (χ3n) is 3.00. The maximum atomic E-state index is 12.1. The van der Waals surface area contributed by atoms with Crippen LogP contribution in [0.15, 0.2) is 18.2 Å². The number of carbonyl (C=O) groups is 1. The van der Waals surface area contributed by atoms with Gasteiger partial charge in [-0.25, -0.2) is 4.79 Å². The summed E-state index contributed by atoms with van der Waals surface area (Å²) in [6.07, 6.45) is -3.90. The van der Waals surface area contributed by atoms with Gasteiger partial charge >= 0.3 is 12.3 Å². The van der Waals surface area contributed by atoms with E-state index in [1.165, 1.54) is 4.90 Å². The van der Waals surface area contributed by atoms with Crippen LogP contribution in [0.25, 0.3) is 0 Å². The Balaban J connectivity index is 2.17. The highest BCUT2D eigenvalue weighted by Crippen LogP contribution is 2.31. The van der Waals surface area contributed by atoms with E-state index in [1.807, 2.05) is 25.1 Å². The molecule has 0 aromatic heterocycles. The van der Waals surface area contributed by atoms with Crippen LogP contribution < -0.4 is 4.90 Å². The lowest BCUT2D eigenvalue weighted by atomic mass is 9.99. The molecule has 6 heteroatoms. The van der Waals surface area contributed by atoms with Crippen molar-refractivity contribution in [3.63, 3.8) is 0 Å². The molecule has 0 N–H and O–H groups in total. The van der Waals surface area contributed by atoms with Crippen molar-refractivity contribution in [2.45, 2.75) is 25.9 Å². The molecule has 2 rings (SSSR count). The minimum Gasteiger partial charge on any atom is -0.439 e. The van der Waals surface area contributed by atoms with Crippen LogP contribution in [0.1, 0.15) is 17.5 Å². The quantitative estimate of drug-likeness (QED) is 0.784. The monoisotopic (exact) mass is 273 g/mol. The highest BCUT2D eigenvalue weighted by molar-refractivity contribution is 5.90. The average Bonchev–Trinajstić information content (AvgIpc) is 2.35. The Kier molecular flexibility index (Phi) is 3.68. The Morgan fingerprint density at radius 2 is 2.16 bits per heavy atom. The lowest BCUT2D eigenvalue weighted by molar-refractivity contribution is -0.159. The molecule has 0 saturated carbocycles. The molecule has 1 aromatic carbocycles. The van der Waals surface area contributed by atoms with Crippen LogP contribution >= 0.6 is 0 Å². The SMILES string of the molecule is Cc1cccc2c1N(C(=O)OCC(F)(F)F)CCC2. The van der Waals surface area contributed by atoms with Gasteiger partial charge in [0.2, 0.25) is 0 Å². The molecule has 1 heterocycles. The van der Waals surface area contributed by atoms with E-state index in [-0.39, 0.29) is 0 Å². The number of hydrogen-bond acceptors (Lipinski definition) is 2. The van der Waals surface area contributed by atoms with Crippen LogP contribution in [0.2, 0.25) is 0 Å². The third kappa shape index (κ3) is 3.19. The smallest absolute Gasteiger partial charge is 0.422 e. The Labute approximate surface area is 109 Å². The molecule has 1 aliphatic rings. The number of aryl methyl sites for hydroxylation is 2. The van der Waals surface area contributed by atoms with Crippen molar-refractivity contribution in [3.8, 4) is 0 Å². The topological polar surface area (TPSA) is 29.5 Å². The van der Waals surface area contributed by atoms with Crippen LogP contribution in [0.5, 0.6) is 0 Å².